The Hall–Kier alpha value is -0.0900. The predicted octanol–water partition coefficient (Wildman–Crippen LogP) is 2.88. The minimum atomic E-state index is 0.382. The van der Waals surface area contributed by atoms with E-state index in [-0.39, 0.29) is 0 Å². The van der Waals surface area contributed by atoms with Crippen molar-refractivity contribution in [3.63, 3.8) is 0 Å². The van der Waals surface area contributed by atoms with Crippen LogP contribution in [-0.4, -0.2) is 24.5 Å². The van der Waals surface area contributed by atoms with Gasteiger partial charge in [-0.1, -0.05) is 33.6 Å². The molecule has 15 heavy (non-hydrogen) atoms. The third-order valence-electron chi connectivity index (χ3n) is 2.53. The van der Waals surface area contributed by atoms with Crippen molar-refractivity contribution < 1.29 is 0 Å². The molecule has 1 aromatic carbocycles. The summed E-state index contributed by atoms with van der Waals surface area (Å²) in [6.45, 7) is 3.65. The molecule has 0 aliphatic carbocycles. The molecule has 0 saturated carbocycles. The molecule has 4 heteroatoms. The van der Waals surface area contributed by atoms with Crippen LogP contribution in [0, 0.1) is 0 Å². The van der Waals surface area contributed by atoms with Gasteiger partial charge in [-0.25, -0.2) is 0 Å². The maximum atomic E-state index is 5.88. The standard InChI is InChI=1S/C11H16BrClN2/c1-8(6-14)15(2)7-9-3-4-10(13)5-11(9)12/h3-5,8H,6-7,14H2,1-2H3. The first-order chi connectivity index (χ1) is 7.04. The van der Waals surface area contributed by atoms with E-state index in [1.807, 2.05) is 18.2 Å². The lowest BCUT2D eigenvalue weighted by molar-refractivity contribution is 0.254. The van der Waals surface area contributed by atoms with Gasteiger partial charge < -0.3 is 5.73 Å². The largest absolute Gasteiger partial charge is 0.329 e. The summed E-state index contributed by atoms with van der Waals surface area (Å²) in [4.78, 5) is 2.22. The fraction of sp³-hybridized carbons (Fsp3) is 0.455. The molecule has 0 amide bonds. The van der Waals surface area contributed by atoms with Crippen molar-refractivity contribution >= 4 is 27.5 Å². The van der Waals surface area contributed by atoms with Gasteiger partial charge in [-0.3, -0.25) is 4.90 Å². The molecule has 2 nitrogen and oxygen atoms in total. The van der Waals surface area contributed by atoms with Gasteiger partial charge in [-0.2, -0.15) is 0 Å². The monoisotopic (exact) mass is 290 g/mol. The van der Waals surface area contributed by atoms with Crippen molar-refractivity contribution in [2.75, 3.05) is 13.6 Å². The van der Waals surface area contributed by atoms with Crippen LogP contribution in [-0.2, 0) is 6.54 Å². The molecule has 0 radical (unpaired) electrons. The minimum absolute atomic E-state index is 0.382. The Morgan fingerprint density at radius 1 is 1.53 bits per heavy atom. The lowest BCUT2D eigenvalue weighted by atomic mass is 10.2. The van der Waals surface area contributed by atoms with E-state index in [0.717, 1.165) is 16.0 Å². The summed E-state index contributed by atoms with van der Waals surface area (Å²) in [6.07, 6.45) is 0. The van der Waals surface area contributed by atoms with Crippen LogP contribution in [0.4, 0.5) is 0 Å². The zero-order chi connectivity index (χ0) is 11.4. The molecule has 0 heterocycles. The van der Waals surface area contributed by atoms with Crippen LogP contribution in [0.5, 0.6) is 0 Å². The van der Waals surface area contributed by atoms with Gasteiger partial charge in [0.1, 0.15) is 0 Å². The quantitative estimate of drug-likeness (QED) is 0.924. The third-order valence-corrected chi connectivity index (χ3v) is 3.50. The highest BCUT2D eigenvalue weighted by molar-refractivity contribution is 9.10. The summed E-state index contributed by atoms with van der Waals surface area (Å²) in [7, 11) is 2.07. The summed E-state index contributed by atoms with van der Waals surface area (Å²) in [5.41, 5.74) is 6.84. The highest BCUT2D eigenvalue weighted by Gasteiger charge is 2.09. The average molecular weight is 292 g/mol. The predicted molar refractivity (Wildman–Crippen MR) is 69.1 cm³/mol. The normalized spacial score (nSPS) is 13.2. The molecule has 0 aliphatic rings. The second-order valence-electron chi connectivity index (χ2n) is 3.74. The Balaban J connectivity index is 2.72. The van der Waals surface area contributed by atoms with Crippen LogP contribution in [0.15, 0.2) is 22.7 Å². The van der Waals surface area contributed by atoms with Gasteiger partial charge >= 0.3 is 0 Å². The molecule has 1 atom stereocenters. The van der Waals surface area contributed by atoms with E-state index in [2.05, 4.69) is 34.8 Å². The van der Waals surface area contributed by atoms with E-state index < -0.39 is 0 Å². The number of hydrogen-bond donors (Lipinski definition) is 1. The van der Waals surface area contributed by atoms with Crippen molar-refractivity contribution in [3.8, 4) is 0 Å². The van der Waals surface area contributed by atoms with Gasteiger partial charge in [0.05, 0.1) is 0 Å². The number of nitrogens with two attached hydrogens (primary N) is 1. The van der Waals surface area contributed by atoms with E-state index in [4.69, 9.17) is 17.3 Å². The van der Waals surface area contributed by atoms with Crippen molar-refractivity contribution in [1.29, 1.82) is 0 Å². The van der Waals surface area contributed by atoms with Gasteiger partial charge in [0, 0.05) is 28.6 Å². The van der Waals surface area contributed by atoms with Gasteiger partial charge in [-0.05, 0) is 31.7 Å². The van der Waals surface area contributed by atoms with E-state index in [1.165, 1.54) is 5.56 Å². The van der Waals surface area contributed by atoms with Gasteiger partial charge in [-0.15, -0.1) is 0 Å². The van der Waals surface area contributed by atoms with Crippen molar-refractivity contribution in [2.24, 2.45) is 5.73 Å². The number of rotatable bonds is 4. The zero-order valence-corrected chi connectivity index (χ0v) is 11.3. The molecule has 0 aliphatic heterocycles. The van der Waals surface area contributed by atoms with Gasteiger partial charge in [0.25, 0.3) is 0 Å². The van der Waals surface area contributed by atoms with E-state index in [0.29, 0.717) is 12.6 Å². The Morgan fingerprint density at radius 2 is 2.20 bits per heavy atom. The van der Waals surface area contributed by atoms with Crippen LogP contribution in [0.1, 0.15) is 12.5 Å². The van der Waals surface area contributed by atoms with Crippen LogP contribution in [0.3, 0.4) is 0 Å². The summed E-state index contributed by atoms with van der Waals surface area (Å²) >= 11 is 9.38. The molecule has 0 aromatic heterocycles. The zero-order valence-electron chi connectivity index (χ0n) is 9.00. The number of likely N-dealkylation sites (N-methyl/N-ethyl adjacent to an activating group) is 1. The second kappa shape index (κ2) is 5.85. The highest BCUT2D eigenvalue weighted by atomic mass is 79.9. The maximum absolute atomic E-state index is 5.88. The Labute approximate surface area is 105 Å². The first kappa shape index (κ1) is 13.0. The number of benzene rings is 1. The lowest BCUT2D eigenvalue weighted by Crippen LogP contribution is -2.34. The molecule has 0 spiro atoms. The first-order valence-electron chi connectivity index (χ1n) is 4.89. The molecule has 1 unspecified atom stereocenters. The van der Waals surface area contributed by atoms with Gasteiger partial charge in [0.15, 0.2) is 0 Å². The Bertz CT molecular complexity index is 330. The summed E-state index contributed by atoms with van der Waals surface area (Å²) in [6, 6.07) is 6.24. The van der Waals surface area contributed by atoms with Gasteiger partial charge in [0.2, 0.25) is 0 Å². The molecule has 0 saturated heterocycles. The fourth-order valence-electron chi connectivity index (χ4n) is 1.25. The topological polar surface area (TPSA) is 29.3 Å². The molecule has 2 N–H and O–H groups in total. The van der Waals surface area contributed by atoms with Crippen LogP contribution in [0.25, 0.3) is 0 Å². The number of hydrogen-bond acceptors (Lipinski definition) is 2. The Kier molecular flexibility index (Phi) is 5.06. The third kappa shape index (κ3) is 3.76. The van der Waals surface area contributed by atoms with Crippen molar-refractivity contribution in [2.45, 2.75) is 19.5 Å². The molecule has 0 fully saturated rings. The van der Waals surface area contributed by atoms with E-state index in [1.54, 1.807) is 0 Å². The number of nitrogens with zero attached hydrogens (tertiary/aromatic N) is 1. The Morgan fingerprint density at radius 3 is 2.73 bits per heavy atom. The van der Waals surface area contributed by atoms with Crippen LogP contribution in [0.2, 0.25) is 5.02 Å². The maximum Gasteiger partial charge on any atom is 0.0417 e. The molecular formula is C11H16BrClN2. The summed E-state index contributed by atoms with van der Waals surface area (Å²) < 4.78 is 1.05. The molecule has 84 valence electrons. The minimum Gasteiger partial charge on any atom is -0.329 e. The lowest BCUT2D eigenvalue weighted by Gasteiger charge is -2.23. The van der Waals surface area contributed by atoms with E-state index >= 15 is 0 Å². The molecule has 1 rings (SSSR count). The van der Waals surface area contributed by atoms with E-state index in [9.17, 15) is 0 Å². The summed E-state index contributed by atoms with van der Waals surface area (Å²) in [5, 5.41) is 0.750. The van der Waals surface area contributed by atoms with Crippen LogP contribution >= 0.6 is 27.5 Å². The van der Waals surface area contributed by atoms with Crippen LogP contribution < -0.4 is 5.73 Å². The highest BCUT2D eigenvalue weighted by Crippen LogP contribution is 2.22. The SMILES string of the molecule is CC(CN)N(C)Cc1ccc(Cl)cc1Br. The number of halogens is 2. The molecular weight excluding hydrogens is 275 g/mol. The summed E-state index contributed by atoms with van der Waals surface area (Å²) in [5.74, 6) is 0. The molecule has 1 aromatic rings. The smallest absolute Gasteiger partial charge is 0.0417 e. The average Bonchev–Trinajstić information content (AvgIpc) is 2.20. The molecule has 0 bridgehead atoms. The second-order valence-corrected chi connectivity index (χ2v) is 5.03. The first-order valence-corrected chi connectivity index (χ1v) is 6.06. The van der Waals surface area contributed by atoms with Crippen molar-refractivity contribution in [3.05, 3.63) is 33.3 Å². The van der Waals surface area contributed by atoms with Crippen molar-refractivity contribution in [1.82, 2.24) is 4.90 Å². The fourth-order valence-corrected chi connectivity index (χ4v) is 2.06.